The minimum Gasteiger partial charge on any atom is -0.460 e. The minimum atomic E-state index is -0.537. The van der Waals surface area contributed by atoms with E-state index < -0.39 is 11.5 Å². The molecule has 20 heavy (non-hydrogen) atoms. The third kappa shape index (κ3) is 6.20. The van der Waals surface area contributed by atoms with Gasteiger partial charge in [0.25, 0.3) is 0 Å². The quantitative estimate of drug-likeness (QED) is 0.454. The number of hydrogen-bond donors (Lipinski definition) is 0. The topological polar surface area (TPSA) is 43.4 Å². The van der Waals surface area contributed by atoms with E-state index in [2.05, 4.69) is 0 Å². The standard InChI is InChI=1S/C16H21ClO3/c1-16(2,3)20-15(19)10-12(11-18)9-14(17)13-7-5-4-6-8-13/h4-8,11-12,14H,9-10H2,1-3H3. The Balaban J connectivity index is 2.55. The zero-order valence-electron chi connectivity index (χ0n) is 12.1. The van der Waals surface area contributed by atoms with Gasteiger partial charge in [-0.2, -0.15) is 0 Å². The van der Waals surface area contributed by atoms with Crippen molar-refractivity contribution in [2.45, 2.75) is 44.6 Å². The van der Waals surface area contributed by atoms with Crippen molar-refractivity contribution < 1.29 is 14.3 Å². The van der Waals surface area contributed by atoms with Gasteiger partial charge >= 0.3 is 5.97 Å². The summed E-state index contributed by atoms with van der Waals surface area (Å²) in [7, 11) is 0. The fourth-order valence-electron chi connectivity index (χ4n) is 1.85. The Morgan fingerprint density at radius 1 is 1.30 bits per heavy atom. The summed E-state index contributed by atoms with van der Waals surface area (Å²) in [5.74, 6) is -0.793. The van der Waals surface area contributed by atoms with Gasteiger partial charge in [-0.05, 0) is 32.8 Å². The molecule has 1 rings (SSSR count). The highest BCUT2D eigenvalue weighted by atomic mass is 35.5. The molecular weight excluding hydrogens is 276 g/mol. The molecule has 0 spiro atoms. The van der Waals surface area contributed by atoms with Crippen LogP contribution in [-0.2, 0) is 14.3 Å². The molecule has 0 radical (unpaired) electrons. The van der Waals surface area contributed by atoms with Gasteiger partial charge in [-0.25, -0.2) is 0 Å². The SMILES string of the molecule is CC(C)(C)OC(=O)CC(C=O)CC(Cl)c1ccccc1. The van der Waals surface area contributed by atoms with E-state index in [0.717, 1.165) is 11.8 Å². The maximum Gasteiger partial charge on any atom is 0.307 e. The van der Waals surface area contributed by atoms with Crippen LogP contribution in [0.2, 0.25) is 0 Å². The summed E-state index contributed by atoms with van der Waals surface area (Å²) in [6, 6.07) is 9.52. The van der Waals surface area contributed by atoms with Gasteiger partial charge in [0, 0.05) is 5.92 Å². The molecule has 0 amide bonds. The van der Waals surface area contributed by atoms with E-state index in [0.29, 0.717) is 6.42 Å². The normalized spacial score (nSPS) is 14.4. The molecular formula is C16H21ClO3. The minimum absolute atomic E-state index is 0.0663. The lowest BCUT2D eigenvalue weighted by atomic mass is 9.97. The second-order valence-electron chi connectivity index (χ2n) is 5.80. The van der Waals surface area contributed by atoms with Crippen LogP contribution in [0.15, 0.2) is 30.3 Å². The Morgan fingerprint density at radius 2 is 1.90 bits per heavy atom. The molecule has 2 unspecified atom stereocenters. The number of alkyl halides is 1. The first-order valence-corrected chi connectivity index (χ1v) is 7.11. The summed E-state index contributed by atoms with van der Waals surface area (Å²) in [4.78, 5) is 22.8. The number of ether oxygens (including phenoxy) is 1. The molecule has 0 bridgehead atoms. The summed E-state index contributed by atoms with van der Waals surface area (Å²) in [5.41, 5.74) is 0.412. The van der Waals surface area contributed by atoms with Crippen LogP contribution in [0, 0.1) is 5.92 Å². The van der Waals surface area contributed by atoms with Crippen molar-refractivity contribution in [3.8, 4) is 0 Å². The summed E-state index contributed by atoms with van der Waals surface area (Å²) in [6.07, 6.45) is 1.27. The summed E-state index contributed by atoms with van der Waals surface area (Å²) in [5, 5.41) is -0.283. The summed E-state index contributed by atoms with van der Waals surface area (Å²) in [6.45, 7) is 5.40. The number of aldehydes is 1. The molecule has 0 saturated heterocycles. The maximum atomic E-state index is 11.7. The van der Waals surface area contributed by atoms with Crippen LogP contribution in [0.3, 0.4) is 0 Å². The fourth-order valence-corrected chi connectivity index (χ4v) is 2.22. The number of halogens is 1. The van der Waals surface area contributed by atoms with Gasteiger partial charge in [0.05, 0.1) is 11.8 Å². The molecule has 3 nitrogen and oxygen atoms in total. The smallest absolute Gasteiger partial charge is 0.307 e. The molecule has 1 aromatic rings. The Morgan fingerprint density at radius 3 is 2.40 bits per heavy atom. The van der Waals surface area contributed by atoms with Crippen molar-refractivity contribution in [3.63, 3.8) is 0 Å². The highest BCUT2D eigenvalue weighted by Gasteiger charge is 2.22. The molecule has 0 N–H and O–H groups in total. The largest absolute Gasteiger partial charge is 0.460 e. The zero-order chi connectivity index (χ0) is 15.2. The highest BCUT2D eigenvalue weighted by molar-refractivity contribution is 6.20. The average Bonchev–Trinajstić information content (AvgIpc) is 2.36. The number of benzene rings is 1. The highest BCUT2D eigenvalue weighted by Crippen LogP contribution is 2.28. The Hall–Kier alpha value is -1.35. The number of esters is 1. The third-order valence-electron chi connectivity index (χ3n) is 2.71. The van der Waals surface area contributed by atoms with E-state index >= 15 is 0 Å². The van der Waals surface area contributed by atoms with Gasteiger partial charge in [0.15, 0.2) is 0 Å². The van der Waals surface area contributed by atoms with Crippen LogP contribution in [0.1, 0.15) is 44.6 Å². The van der Waals surface area contributed by atoms with Crippen molar-refractivity contribution in [2.24, 2.45) is 5.92 Å². The van der Waals surface area contributed by atoms with Crippen molar-refractivity contribution in [1.82, 2.24) is 0 Å². The fraction of sp³-hybridized carbons (Fsp3) is 0.500. The maximum absolute atomic E-state index is 11.7. The Bertz CT molecular complexity index is 437. The zero-order valence-corrected chi connectivity index (χ0v) is 12.9. The number of hydrogen-bond acceptors (Lipinski definition) is 3. The molecule has 4 heteroatoms. The van der Waals surface area contributed by atoms with Crippen molar-refractivity contribution in [3.05, 3.63) is 35.9 Å². The molecule has 0 aliphatic rings. The molecule has 0 fully saturated rings. The van der Waals surface area contributed by atoms with E-state index in [1.165, 1.54) is 0 Å². The van der Waals surface area contributed by atoms with Gasteiger partial charge in [0.1, 0.15) is 11.9 Å². The van der Waals surface area contributed by atoms with Gasteiger partial charge in [-0.1, -0.05) is 30.3 Å². The Kier molecular flexibility index (Phi) is 6.21. The van der Waals surface area contributed by atoms with Crippen molar-refractivity contribution in [2.75, 3.05) is 0 Å². The van der Waals surface area contributed by atoms with Gasteiger partial charge in [-0.3, -0.25) is 4.79 Å². The lowest BCUT2D eigenvalue weighted by molar-refractivity contribution is -0.156. The second-order valence-corrected chi connectivity index (χ2v) is 6.33. The van der Waals surface area contributed by atoms with E-state index in [9.17, 15) is 9.59 Å². The van der Waals surface area contributed by atoms with Crippen LogP contribution in [-0.4, -0.2) is 17.9 Å². The lowest BCUT2D eigenvalue weighted by Crippen LogP contribution is -2.25. The molecule has 0 saturated carbocycles. The van der Waals surface area contributed by atoms with E-state index in [1.54, 1.807) is 20.8 Å². The van der Waals surface area contributed by atoms with Gasteiger partial charge in [-0.15, -0.1) is 11.6 Å². The van der Waals surface area contributed by atoms with Crippen molar-refractivity contribution >= 4 is 23.9 Å². The second kappa shape index (κ2) is 7.44. The van der Waals surface area contributed by atoms with Crippen LogP contribution < -0.4 is 0 Å². The first-order valence-electron chi connectivity index (χ1n) is 6.68. The van der Waals surface area contributed by atoms with Gasteiger partial charge in [0.2, 0.25) is 0 Å². The monoisotopic (exact) mass is 296 g/mol. The number of carbonyl (C=O) groups is 2. The molecule has 0 aromatic heterocycles. The van der Waals surface area contributed by atoms with E-state index in [4.69, 9.17) is 16.3 Å². The third-order valence-corrected chi connectivity index (χ3v) is 3.14. The first-order chi connectivity index (χ1) is 9.31. The lowest BCUT2D eigenvalue weighted by Gasteiger charge is -2.21. The number of carbonyl (C=O) groups excluding carboxylic acids is 2. The van der Waals surface area contributed by atoms with Gasteiger partial charge < -0.3 is 9.53 Å². The molecule has 110 valence electrons. The molecule has 0 aliphatic heterocycles. The molecule has 0 heterocycles. The van der Waals surface area contributed by atoms with Crippen molar-refractivity contribution in [1.29, 1.82) is 0 Å². The molecule has 0 aliphatic carbocycles. The molecule has 1 aromatic carbocycles. The number of rotatable bonds is 6. The molecule has 2 atom stereocenters. The average molecular weight is 297 g/mol. The Labute approximate surface area is 125 Å². The van der Waals surface area contributed by atoms with Crippen LogP contribution in [0.4, 0.5) is 0 Å². The summed E-state index contributed by atoms with van der Waals surface area (Å²) >= 11 is 6.29. The van der Waals surface area contributed by atoms with Crippen LogP contribution >= 0.6 is 11.6 Å². The first kappa shape index (κ1) is 16.7. The predicted octanol–water partition coefficient (Wildman–Crippen LogP) is 3.90. The van der Waals surface area contributed by atoms with Crippen LogP contribution in [0.5, 0.6) is 0 Å². The summed E-state index contributed by atoms with van der Waals surface area (Å²) < 4.78 is 5.22. The van der Waals surface area contributed by atoms with E-state index in [-0.39, 0.29) is 17.8 Å². The van der Waals surface area contributed by atoms with E-state index in [1.807, 2.05) is 30.3 Å². The van der Waals surface area contributed by atoms with Crippen LogP contribution in [0.25, 0.3) is 0 Å². The predicted molar refractivity (Wildman–Crippen MR) is 79.7 cm³/mol.